The Morgan fingerprint density at radius 2 is 1.79 bits per heavy atom. The first-order valence-electron chi connectivity index (χ1n) is 5.95. The zero-order valence-electron chi connectivity index (χ0n) is 9.99. The minimum atomic E-state index is -1.05. The SMILES string of the molecule is O=C(Nc1ccc2c(c1)Cc1ccccc1-2)C(Cl)Cl. The van der Waals surface area contributed by atoms with Crippen LogP contribution in [-0.4, -0.2) is 10.7 Å². The van der Waals surface area contributed by atoms with Crippen molar-refractivity contribution in [3.8, 4) is 11.1 Å². The normalized spacial score (nSPS) is 12.2. The molecule has 3 rings (SSSR count). The maximum Gasteiger partial charge on any atom is 0.257 e. The molecule has 0 aromatic heterocycles. The molecule has 2 nitrogen and oxygen atoms in total. The topological polar surface area (TPSA) is 29.1 Å². The van der Waals surface area contributed by atoms with Crippen molar-refractivity contribution in [2.24, 2.45) is 0 Å². The van der Waals surface area contributed by atoms with Crippen LogP contribution < -0.4 is 5.32 Å². The van der Waals surface area contributed by atoms with Crippen molar-refractivity contribution in [1.82, 2.24) is 0 Å². The van der Waals surface area contributed by atoms with Gasteiger partial charge in [0.25, 0.3) is 5.91 Å². The summed E-state index contributed by atoms with van der Waals surface area (Å²) in [5.41, 5.74) is 5.74. The number of hydrogen-bond acceptors (Lipinski definition) is 1. The van der Waals surface area contributed by atoms with Crippen LogP contribution in [0.4, 0.5) is 5.69 Å². The zero-order chi connectivity index (χ0) is 13.4. The van der Waals surface area contributed by atoms with Gasteiger partial charge in [-0.15, -0.1) is 0 Å². The van der Waals surface area contributed by atoms with Gasteiger partial charge in [0.2, 0.25) is 0 Å². The smallest absolute Gasteiger partial charge is 0.257 e. The third kappa shape index (κ3) is 2.34. The fraction of sp³-hybridized carbons (Fsp3) is 0.133. The lowest BCUT2D eigenvalue weighted by molar-refractivity contribution is -0.114. The van der Waals surface area contributed by atoms with Crippen molar-refractivity contribution in [3.63, 3.8) is 0 Å². The number of hydrogen-bond donors (Lipinski definition) is 1. The summed E-state index contributed by atoms with van der Waals surface area (Å²) in [6.45, 7) is 0. The number of alkyl halides is 2. The van der Waals surface area contributed by atoms with E-state index in [9.17, 15) is 4.79 Å². The fourth-order valence-electron chi connectivity index (χ4n) is 2.42. The van der Waals surface area contributed by atoms with Crippen molar-refractivity contribution in [2.75, 3.05) is 5.32 Å². The predicted octanol–water partition coefficient (Wildman–Crippen LogP) is 4.00. The van der Waals surface area contributed by atoms with Crippen LogP contribution in [-0.2, 0) is 11.2 Å². The Morgan fingerprint density at radius 1 is 1.05 bits per heavy atom. The number of anilines is 1. The molecule has 0 atom stereocenters. The molecule has 1 aliphatic rings. The van der Waals surface area contributed by atoms with Crippen LogP contribution in [0.5, 0.6) is 0 Å². The number of amides is 1. The Bertz CT molecular complexity index is 652. The van der Waals surface area contributed by atoms with Crippen molar-refractivity contribution in [3.05, 3.63) is 53.6 Å². The summed E-state index contributed by atoms with van der Waals surface area (Å²) in [7, 11) is 0. The molecule has 2 aromatic rings. The summed E-state index contributed by atoms with van der Waals surface area (Å²) in [6.07, 6.45) is 0.889. The first kappa shape index (κ1) is 12.5. The van der Waals surface area contributed by atoms with Gasteiger partial charge in [-0.25, -0.2) is 0 Å². The molecule has 1 amide bonds. The fourth-order valence-corrected chi connectivity index (χ4v) is 2.53. The third-order valence-electron chi connectivity index (χ3n) is 3.26. The van der Waals surface area contributed by atoms with E-state index in [1.54, 1.807) is 0 Å². The van der Waals surface area contributed by atoms with Crippen LogP contribution in [0.1, 0.15) is 11.1 Å². The minimum absolute atomic E-state index is 0.404. The molecule has 0 saturated carbocycles. The molecular formula is C15H11Cl2NO. The van der Waals surface area contributed by atoms with Crippen molar-refractivity contribution < 1.29 is 4.79 Å². The van der Waals surface area contributed by atoms with Gasteiger partial charge in [-0.1, -0.05) is 53.5 Å². The average molecular weight is 292 g/mol. The van der Waals surface area contributed by atoms with E-state index in [4.69, 9.17) is 23.2 Å². The quantitative estimate of drug-likeness (QED) is 0.711. The Balaban J connectivity index is 1.91. The number of nitrogens with one attached hydrogen (secondary N) is 1. The summed E-state index contributed by atoms with van der Waals surface area (Å²) in [6, 6.07) is 14.2. The summed E-state index contributed by atoms with van der Waals surface area (Å²) in [5.74, 6) is -0.404. The van der Waals surface area contributed by atoms with Crippen LogP contribution in [0, 0.1) is 0 Å². The summed E-state index contributed by atoms with van der Waals surface area (Å²) in [5, 5.41) is 2.70. The molecule has 0 saturated heterocycles. The van der Waals surface area contributed by atoms with E-state index in [-0.39, 0.29) is 0 Å². The molecule has 1 N–H and O–H groups in total. The van der Waals surface area contributed by atoms with E-state index in [1.165, 1.54) is 22.3 Å². The lowest BCUT2D eigenvalue weighted by Gasteiger charge is -2.07. The van der Waals surface area contributed by atoms with Gasteiger partial charge in [0, 0.05) is 5.69 Å². The van der Waals surface area contributed by atoms with E-state index < -0.39 is 10.7 Å². The van der Waals surface area contributed by atoms with E-state index in [0.717, 1.165) is 12.1 Å². The standard InChI is InChI=1S/C15H11Cl2NO/c16-14(17)15(19)18-11-5-6-13-10(8-11)7-9-3-1-2-4-12(9)13/h1-6,8,14H,7H2,(H,18,19). The first-order valence-corrected chi connectivity index (χ1v) is 6.82. The molecule has 2 aromatic carbocycles. The molecule has 1 aliphatic carbocycles. The molecule has 4 heteroatoms. The summed E-state index contributed by atoms with van der Waals surface area (Å²) >= 11 is 11.0. The molecule has 0 unspecified atom stereocenters. The second-order valence-electron chi connectivity index (χ2n) is 4.50. The van der Waals surface area contributed by atoms with Crippen LogP contribution >= 0.6 is 23.2 Å². The molecule has 0 spiro atoms. The number of carbonyl (C=O) groups excluding carboxylic acids is 1. The van der Waals surface area contributed by atoms with Crippen molar-refractivity contribution in [2.45, 2.75) is 11.3 Å². The van der Waals surface area contributed by atoms with Crippen molar-refractivity contribution >= 4 is 34.8 Å². The monoisotopic (exact) mass is 291 g/mol. The molecule has 0 fully saturated rings. The molecule has 0 aliphatic heterocycles. The van der Waals surface area contributed by atoms with Gasteiger partial charge in [0.1, 0.15) is 0 Å². The van der Waals surface area contributed by atoms with Gasteiger partial charge < -0.3 is 5.32 Å². The van der Waals surface area contributed by atoms with E-state index in [2.05, 4.69) is 17.4 Å². The number of fused-ring (bicyclic) bond motifs is 3. The highest BCUT2D eigenvalue weighted by atomic mass is 35.5. The van der Waals surface area contributed by atoms with Crippen LogP contribution in [0.3, 0.4) is 0 Å². The summed E-state index contributed by atoms with van der Waals surface area (Å²) < 4.78 is 0. The van der Waals surface area contributed by atoms with Gasteiger partial charge in [0.15, 0.2) is 4.84 Å². The summed E-state index contributed by atoms with van der Waals surface area (Å²) in [4.78, 5) is 10.4. The highest BCUT2D eigenvalue weighted by Gasteiger charge is 2.19. The Morgan fingerprint density at radius 3 is 2.58 bits per heavy atom. The van der Waals surface area contributed by atoms with Crippen LogP contribution in [0.2, 0.25) is 0 Å². The number of halogens is 2. The number of rotatable bonds is 2. The molecule has 0 bridgehead atoms. The highest BCUT2D eigenvalue weighted by Crippen LogP contribution is 2.37. The number of carbonyl (C=O) groups is 1. The van der Waals surface area contributed by atoms with Crippen LogP contribution in [0.15, 0.2) is 42.5 Å². The second-order valence-corrected chi connectivity index (χ2v) is 5.59. The first-order chi connectivity index (χ1) is 9.15. The van der Waals surface area contributed by atoms with Crippen molar-refractivity contribution in [1.29, 1.82) is 0 Å². The minimum Gasteiger partial charge on any atom is -0.324 e. The van der Waals surface area contributed by atoms with E-state index >= 15 is 0 Å². The van der Waals surface area contributed by atoms with Gasteiger partial charge in [-0.05, 0) is 40.8 Å². The molecular weight excluding hydrogens is 281 g/mol. The van der Waals surface area contributed by atoms with Gasteiger partial charge in [-0.3, -0.25) is 4.79 Å². The van der Waals surface area contributed by atoms with E-state index in [1.807, 2.05) is 30.3 Å². The Kier molecular flexibility index (Phi) is 3.21. The maximum atomic E-state index is 11.5. The predicted molar refractivity (Wildman–Crippen MR) is 78.8 cm³/mol. The van der Waals surface area contributed by atoms with Crippen LogP contribution in [0.25, 0.3) is 11.1 Å². The largest absolute Gasteiger partial charge is 0.324 e. The lowest BCUT2D eigenvalue weighted by Crippen LogP contribution is -2.18. The molecule has 19 heavy (non-hydrogen) atoms. The zero-order valence-corrected chi connectivity index (χ0v) is 11.5. The van der Waals surface area contributed by atoms with Gasteiger partial charge in [0.05, 0.1) is 0 Å². The maximum absolute atomic E-state index is 11.5. The third-order valence-corrected chi connectivity index (χ3v) is 3.66. The van der Waals surface area contributed by atoms with Gasteiger partial charge >= 0.3 is 0 Å². The molecule has 0 radical (unpaired) electrons. The lowest BCUT2D eigenvalue weighted by atomic mass is 10.1. The average Bonchev–Trinajstić information content (AvgIpc) is 2.76. The van der Waals surface area contributed by atoms with E-state index in [0.29, 0.717) is 0 Å². The highest BCUT2D eigenvalue weighted by molar-refractivity contribution is 6.54. The van der Waals surface area contributed by atoms with Gasteiger partial charge in [-0.2, -0.15) is 0 Å². The molecule has 0 heterocycles. The second kappa shape index (κ2) is 4.87. The Hall–Kier alpha value is -1.51. The molecule has 96 valence electrons. The Labute approximate surface area is 121 Å². The number of benzene rings is 2.